The van der Waals surface area contributed by atoms with Gasteiger partial charge in [-0.2, -0.15) is 0 Å². The van der Waals surface area contributed by atoms with Crippen molar-refractivity contribution in [3.8, 4) is 0 Å². The van der Waals surface area contributed by atoms with Crippen LogP contribution in [0.3, 0.4) is 0 Å². The first-order valence-corrected chi connectivity index (χ1v) is 7.78. The number of rotatable bonds is 1. The normalized spacial score (nSPS) is 31.8. The van der Waals surface area contributed by atoms with Crippen molar-refractivity contribution in [2.75, 3.05) is 12.0 Å². The van der Waals surface area contributed by atoms with Gasteiger partial charge in [-0.1, -0.05) is 18.2 Å². The van der Waals surface area contributed by atoms with Gasteiger partial charge in [-0.25, -0.2) is 0 Å². The standard InChI is InChI=1S/C17H17NO5/c1-22-16(21)14-10-4-2-3-5-11(10)18-12(19)6-8-17(15(14)18)9-7-13(20)23-17/h2-5,14-15H,6-9H2,1H3/t14-,15?,17-/m1/s1. The first-order chi connectivity index (χ1) is 11.1. The highest BCUT2D eigenvalue weighted by molar-refractivity contribution is 6.02. The SMILES string of the molecule is COC(=O)[C@@H]1c2ccccc2N2C(=O)CC[C@@]3(CCC(=O)O3)C12. The van der Waals surface area contributed by atoms with Crippen molar-refractivity contribution in [2.45, 2.75) is 43.2 Å². The van der Waals surface area contributed by atoms with Crippen LogP contribution >= 0.6 is 0 Å². The van der Waals surface area contributed by atoms with E-state index in [0.717, 1.165) is 11.3 Å². The lowest BCUT2D eigenvalue weighted by Gasteiger charge is -2.44. The van der Waals surface area contributed by atoms with Crippen LogP contribution < -0.4 is 4.90 Å². The summed E-state index contributed by atoms with van der Waals surface area (Å²) in [6.45, 7) is 0. The monoisotopic (exact) mass is 315 g/mol. The number of para-hydroxylation sites is 1. The molecule has 120 valence electrons. The Hall–Kier alpha value is -2.37. The molecule has 1 amide bonds. The first-order valence-electron chi connectivity index (χ1n) is 7.78. The smallest absolute Gasteiger partial charge is 0.315 e. The number of hydrogen-bond donors (Lipinski definition) is 0. The summed E-state index contributed by atoms with van der Waals surface area (Å²) in [4.78, 5) is 38.4. The van der Waals surface area contributed by atoms with Crippen LogP contribution in [0.4, 0.5) is 5.69 Å². The summed E-state index contributed by atoms with van der Waals surface area (Å²) < 4.78 is 10.7. The second kappa shape index (κ2) is 4.81. The van der Waals surface area contributed by atoms with Crippen molar-refractivity contribution in [1.29, 1.82) is 0 Å². The van der Waals surface area contributed by atoms with E-state index in [0.29, 0.717) is 25.7 Å². The van der Waals surface area contributed by atoms with Crippen molar-refractivity contribution < 1.29 is 23.9 Å². The molecule has 3 atom stereocenters. The number of carbonyl (C=O) groups is 3. The fourth-order valence-corrected chi connectivity index (χ4v) is 4.26. The second-order valence-electron chi connectivity index (χ2n) is 6.31. The minimum atomic E-state index is -0.789. The van der Waals surface area contributed by atoms with Gasteiger partial charge in [0.05, 0.1) is 13.2 Å². The van der Waals surface area contributed by atoms with E-state index >= 15 is 0 Å². The van der Waals surface area contributed by atoms with E-state index in [1.165, 1.54) is 7.11 Å². The van der Waals surface area contributed by atoms with E-state index in [2.05, 4.69) is 0 Å². The second-order valence-corrected chi connectivity index (χ2v) is 6.31. The lowest BCUT2D eigenvalue weighted by Crippen LogP contribution is -2.60. The molecule has 0 bridgehead atoms. The molecule has 4 rings (SSSR count). The maximum atomic E-state index is 12.5. The third kappa shape index (κ3) is 1.84. The molecule has 3 aliphatic heterocycles. The van der Waals surface area contributed by atoms with Gasteiger partial charge in [0.2, 0.25) is 5.91 Å². The Labute approximate surface area is 133 Å². The molecule has 3 heterocycles. The van der Waals surface area contributed by atoms with Crippen molar-refractivity contribution in [3.05, 3.63) is 29.8 Å². The number of methoxy groups -OCH3 is 1. The number of piperidine rings is 1. The molecule has 1 aromatic rings. The number of esters is 2. The van der Waals surface area contributed by atoms with E-state index < -0.39 is 23.5 Å². The highest BCUT2D eigenvalue weighted by Gasteiger charge is 2.61. The maximum absolute atomic E-state index is 12.5. The van der Waals surface area contributed by atoms with Crippen LogP contribution in [0.5, 0.6) is 0 Å². The molecule has 2 saturated heterocycles. The van der Waals surface area contributed by atoms with Crippen molar-refractivity contribution >= 4 is 23.5 Å². The molecule has 0 N–H and O–H groups in total. The minimum Gasteiger partial charge on any atom is -0.468 e. The third-order valence-corrected chi connectivity index (χ3v) is 5.22. The Kier molecular flexibility index (Phi) is 2.98. The van der Waals surface area contributed by atoms with Crippen LogP contribution in [0.2, 0.25) is 0 Å². The molecular formula is C17H17NO5. The van der Waals surface area contributed by atoms with E-state index in [9.17, 15) is 14.4 Å². The highest BCUT2D eigenvalue weighted by atomic mass is 16.6. The van der Waals surface area contributed by atoms with Crippen molar-refractivity contribution in [1.82, 2.24) is 0 Å². The van der Waals surface area contributed by atoms with Crippen LogP contribution in [-0.2, 0) is 23.9 Å². The molecule has 3 aliphatic rings. The molecule has 1 aromatic carbocycles. The maximum Gasteiger partial charge on any atom is 0.315 e. The molecule has 6 heteroatoms. The topological polar surface area (TPSA) is 72.9 Å². The number of ether oxygens (including phenoxy) is 2. The van der Waals surface area contributed by atoms with Crippen molar-refractivity contribution in [3.63, 3.8) is 0 Å². The van der Waals surface area contributed by atoms with Crippen LogP contribution in [-0.4, -0.2) is 36.6 Å². The Bertz CT molecular complexity index is 715. The molecule has 6 nitrogen and oxygen atoms in total. The number of hydrogen-bond acceptors (Lipinski definition) is 5. The van der Waals surface area contributed by atoms with Gasteiger partial charge < -0.3 is 14.4 Å². The van der Waals surface area contributed by atoms with E-state index in [1.54, 1.807) is 4.90 Å². The Morgan fingerprint density at radius 1 is 1.26 bits per heavy atom. The average Bonchev–Trinajstić information content (AvgIpc) is 3.10. The fourth-order valence-electron chi connectivity index (χ4n) is 4.26. The van der Waals surface area contributed by atoms with E-state index in [-0.39, 0.29) is 11.9 Å². The lowest BCUT2D eigenvalue weighted by atomic mass is 9.76. The van der Waals surface area contributed by atoms with Crippen LogP contribution in [0.25, 0.3) is 0 Å². The van der Waals surface area contributed by atoms with Crippen LogP contribution in [0, 0.1) is 0 Å². The number of carbonyl (C=O) groups excluding carboxylic acids is 3. The lowest BCUT2D eigenvalue weighted by molar-refractivity contribution is -0.158. The van der Waals surface area contributed by atoms with Crippen LogP contribution in [0.1, 0.15) is 37.2 Å². The molecule has 23 heavy (non-hydrogen) atoms. The highest BCUT2D eigenvalue weighted by Crippen LogP contribution is 2.53. The van der Waals surface area contributed by atoms with Gasteiger partial charge in [-0.05, 0) is 24.5 Å². The molecule has 0 radical (unpaired) electrons. The zero-order valence-electron chi connectivity index (χ0n) is 12.8. The molecule has 0 aromatic heterocycles. The summed E-state index contributed by atoms with van der Waals surface area (Å²) >= 11 is 0. The Balaban J connectivity index is 1.89. The number of anilines is 1. The molecule has 1 spiro atoms. The van der Waals surface area contributed by atoms with Crippen molar-refractivity contribution in [2.24, 2.45) is 0 Å². The zero-order valence-corrected chi connectivity index (χ0v) is 12.8. The summed E-state index contributed by atoms with van der Waals surface area (Å²) in [5.41, 5.74) is 0.699. The summed E-state index contributed by atoms with van der Waals surface area (Å²) in [6, 6.07) is 6.84. The first kappa shape index (κ1) is 14.2. The predicted molar refractivity (Wildman–Crippen MR) is 79.8 cm³/mol. The number of amides is 1. The quantitative estimate of drug-likeness (QED) is 0.735. The van der Waals surface area contributed by atoms with Gasteiger partial charge in [0, 0.05) is 18.5 Å². The van der Waals surface area contributed by atoms with Gasteiger partial charge in [-0.15, -0.1) is 0 Å². The third-order valence-electron chi connectivity index (χ3n) is 5.22. The van der Waals surface area contributed by atoms with Gasteiger partial charge in [0.15, 0.2) is 0 Å². The number of nitrogens with zero attached hydrogens (tertiary/aromatic N) is 1. The minimum absolute atomic E-state index is 0.0394. The van der Waals surface area contributed by atoms with Gasteiger partial charge in [0.1, 0.15) is 11.5 Å². The largest absolute Gasteiger partial charge is 0.468 e. The van der Waals surface area contributed by atoms with Gasteiger partial charge in [0.25, 0.3) is 0 Å². The molecule has 0 saturated carbocycles. The Morgan fingerprint density at radius 3 is 2.70 bits per heavy atom. The zero-order chi connectivity index (χ0) is 16.2. The molecule has 2 fully saturated rings. The number of benzene rings is 1. The predicted octanol–water partition coefficient (Wildman–Crippen LogP) is 1.53. The Morgan fingerprint density at radius 2 is 2.00 bits per heavy atom. The van der Waals surface area contributed by atoms with E-state index in [1.807, 2.05) is 24.3 Å². The summed E-state index contributed by atoms with van der Waals surface area (Å²) in [7, 11) is 1.34. The summed E-state index contributed by atoms with van der Waals surface area (Å²) in [5.74, 6) is -1.32. The number of fused-ring (bicyclic) bond motifs is 4. The van der Waals surface area contributed by atoms with E-state index in [4.69, 9.17) is 9.47 Å². The average molecular weight is 315 g/mol. The summed E-state index contributed by atoms with van der Waals surface area (Å²) in [5, 5.41) is 0. The molecule has 0 aliphatic carbocycles. The summed E-state index contributed by atoms with van der Waals surface area (Å²) in [6.07, 6.45) is 1.62. The van der Waals surface area contributed by atoms with Crippen LogP contribution in [0.15, 0.2) is 24.3 Å². The fraction of sp³-hybridized carbons (Fsp3) is 0.471. The molecule has 1 unspecified atom stereocenters. The molecular weight excluding hydrogens is 298 g/mol. The van der Waals surface area contributed by atoms with Gasteiger partial charge >= 0.3 is 11.9 Å². The van der Waals surface area contributed by atoms with Gasteiger partial charge in [-0.3, -0.25) is 14.4 Å².